The number of thiazole rings is 1. The molecule has 0 N–H and O–H groups in total. The van der Waals surface area contributed by atoms with Crippen molar-refractivity contribution in [3.05, 3.63) is 35.2 Å². The van der Waals surface area contributed by atoms with Gasteiger partial charge in [-0.05, 0) is 23.8 Å². The molecular formula is C21H32N2S. The Kier molecular flexibility index (Phi) is 6.85. The van der Waals surface area contributed by atoms with E-state index in [1.54, 1.807) is 11.3 Å². The Balaban J connectivity index is 2.15. The average Bonchev–Trinajstić information content (AvgIpc) is 3.04. The molecule has 0 atom stereocenters. The summed E-state index contributed by atoms with van der Waals surface area (Å²) >= 11 is 1.78. The van der Waals surface area contributed by atoms with Gasteiger partial charge < -0.3 is 4.90 Å². The third-order valence-corrected chi connectivity index (χ3v) is 5.27. The second-order valence-corrected chi connectivity index (χ2v) is 8.37. The second-order valence-electron chi connectivity index (χ2n) is 7.54. The lowest BCUT2D eigenvalue weighted by atomic mass is 9.86. The van der Waals surface area contributed by atoms with E-state index in [2.05, 4.69) is 69.2 Å². The number of nitrogens with zero attached hydrogens (tertiary/aromatic N) is 2. The Morgan fingerprint density at radius 2 is 1.54 bits per heavy atom. The predicted octanol–water partition coefficient (Wildman–Crippen LogP) is 6.51. The largest absolute Gasteiger partial charge is 0.348 e. The first-order valence-electron chi connectivity index (χ1n) is 9.27. The lowest BCUT2D eigenvalue weighted by molar-refractivity contribution is 0.590. The molecule has 132 valence electrons. The van der Waals surface area contributed by atoms with Gasteiger partial charge in [0, 0.05) is 24.0 Å². The van der Waals surface area contributed by atoms with Crippen LogP contribution in [0.25, 0.3) is 11.3 Å². The van der Waals surface area contributed by atoms with E-state index in [1.165, 1.54) is 41.9 Å². The molecule has 0 radical (unpaired) electrons. The number of hydrogen-bond acceptors (Lipinski definition) is 3. The van der Waals surface area contributed by atoms with Crippen LogP contribution in [0.2, 0.25) is 0 Å². The van der Waals surface area contributed by atoms with E-state index < -0.39 is 0 Å². The molecule has 0 fully saturated rings. The molecule has 2 aromatic rings. The number of unbranched alkanes of at least 4 members (excludes halogenated alkanes) is 2. The van der Waals surface area contributed by atoms with Gasteiger partial charge in [0.1, 0.15) is 0 Å². The molecule has 0 spiro atoms. The maximum absolute atomic E-state index is 4.92. The maximum Gasteiger partial charge on any atom is 0.185 e. The normalized spacial score (nSPS) is 11.7. The number of rotatable bonds is 8. The van der Waals surface area contributed by atoms with Crippen LogP contribution in [-0.4, -0.2) is 18.1 Å². The standard InChI is InChI=1S/C21H32N2S/c1-6-8-14-23(15-9-7-2)20-22-19(16-24-20)17-10-12-18(13-11-17)21(3,4)5/h10-13,16H,6-9,14-15H2,1-5H3. The Hall–Kier alpha value is -1.35. The summed E-state index contributed by atoms with van der Waals surface area (Å²) in [5.41, 5.74) is 3.89. The van der Waals surface area contributed by atoms with E-state index in [9.17, 15) is 0 Å². The Bertz CT molecular complexity index is 600. The smallest absolute Gasteiger partial charge is 0.185 e. The van der Waals surface area contributed by atoms with Crippen molar-refractivity contribution < 1.29 is 0 Å². The fraction of sp³-hybridized carbons (Fsp3) is 0.571. The second kappa shape index (κ2) is 8.66. The van der Waals surface area contributed by atoms with Crippen molar-refractivity contribution in [2.75, 3.05) is 18.0 Å². The van der Waals surface area contributed by atoms with Crippen LogP contribution in [0.15, 0.2) is 29.6 Å². The van der Waals surface area contributed by atoms with Crippen LogP contribution in [0.4, 0.5) is 5.13 Å². The summed E-state index contributed by atoms with van der Waals surface area (Å²) in [6.07, 6.45) is 4.93. The van der Waals surface area contributed by atoms with Gasteiger partial charge in [-0.15, -0.1) is 11.3 Å². The van der Waals surface area contributed by atoms with Crippen molar-refractivity contribution in [1.29, 1.82) is 0 Å². The van der Waals surface area contributed by atoms with Gasteiger partial charge >= 0.3 is 0 Å². The van der Waals surface area contributed by atoms with E-state index in [1.807, 2.05) is 0 Å². The zero-order valence-corrected chi connectivity index (χ0v) is 16.7. The molecule has 24 heavy (non-hydrogen) atoms. The van der Waals surface area contributed by atoms with Gasteiger partial charge in [0.25, 0.3) is 0 Å². The first kappa shape index (κ1) is 19.0. The number of aromatic nitrogens is 1. The van der Waals surface area contributed by atoms with Crippen LogP contribution in [-0.2, 0) is 5.41 Å². The molecular weight excluding hydrogens is 312 g/mol. The minimum absolute atomic E-state index is 0.197. The van der Waals surface area contributed by atoms with Gasteiger partial charge in [0.05, 0.1) is 5.69 Å². The third-order valence-electron chi connectivity index (χ3n) is 4.37. The summed E-state index contributed by atoms with van der Waals surface area (Å²) in [6, 6.07) is 8.89. The molecule has 0 amide bonds. The third kappa shape index (κ3) is 5.07. The van der Waals surface area contributed by atoms with E-state index in [0.717, 1.165) is 18.8 Å². The highest BCUT2D eigenvalue weighted by Crippen LogP contribution is 2.30. The Morgan fingerprint density at radius 1 is 0.958 bits per heavy atom. The van der Waals surface area contributed by atoms with E-state index >= 15 is 0 Å². The molecule has 0 saturated carbocycles. The topological polar surface area (TPSA) is 16.1 Å². The molecule has 1 heterocycles. The SMILES string of the molecule is CCCCN(CCCC)c1nc(-c2ccc(C(C)(C)C)cc2)cs1. The molecule has 1 aromatic heterocycles. The minimum atomic E-state index is 0.197. The lowest BCUT2D eigenvalue weighted by Crippen LogP contribution is -2.25. The summed E-state index contributed by atoms with van der Waals surface area (Å²) in [6.45, 7) is 13.5. The van der Waals surface area contributed by atoms with Gasteiger partial charge in [-0.2, -0.15) is 0 Å². The van der Waals surface area contributed by atoms with Gasteiger partial charge in [-0.25, -0.2) is 4.98 Å². The van der Waals surface area contributed by atoms with Crippen molar-refractivity contribution in [3.8, 4) is 11.3 Å². The number of anilines is 1. The van der Waals surface area contributed by atoms with Crippen molar-refractivity contribution >= 4 is 16.5 Å². The molecule has 0 aliphatic rings. The fourth-order valence-electron chi connectivity index (χ4n) is 2.68. The molecule has 1 aromatic carbocycles. The minimum Gasteiger partial charge on any atom is -0.348 e. The van der Waals surface area contributed by atoms with E-state index in [4.69, 9.17) is 4.98 Å². The molecule has 0 bridgehead atoms. The van der Waals surface area contributed by atoms with Gasteiger partial charge in [-0.3, -0.25) is 0 Å². The van der Waals surface area contributed by atoms with Crippen molar-refractivity contribution in [2.45, 2.75) is 65.7 Å². The summed E-state index contributed by atoms with van der Waals surface area (Å²) < 4.78 is 0. The lowest BCUT2D eigenvalue weighted by Gasteiger charge is -2.21. The summed E-state index contributed by atoms with van der Waals surface area (Å²) in [5.74, 6) is 0. The first-order chi connectivity index (χ1) is 11.5. The molecule has 0 aliphatic heterocycles. The Morgan fingerprint density at radius 3 is 2.04 bits per heavy atom. The van der Waals surface area contributed by atoms with Gasteiger partial charge in [0.15, 0.2) is 5.13 Å². The van der Waals surface area contributed by atoms with Crippen LogP contribution < -0.4 is 4.90 Å². The molecule has 3 heteroatoms. The number of hydrogen-bond donors (Lipinski definition) is 0. The van der Waals surface area contributed by atoms with Crippen LogP contribution in [0.1, 0.15) is 65.9 Å². The highest BCUT2D eigenvalue weighted by molar-refractivity contribution is 7.14. The van der Waals surface area contributed by atoms with Gasteiger partial charge in [0.2, 0.25) is 0 Å². The molecule has 2 rings (SSSR count). The summed E-state index contributed by atoms with van der Waals surface area (Å²) in [5, 5.41) is 3.37. The zero-order chi connectivity index (χ0) is 17.6. The molecule has 0 aliphatic carbocycles. The molecule has 2 nitrogen and oxygen atoms in total. The maximum atomic E-state index is 4.92. The highest BCUT2D eigenvalue weighted by Gasteiger charge is 2.15. The van der Waals surface area contributed by atoms with Crippen LogP contribution in [0, 0.1) is 0 Å². The first-order valence-corrected chi connectivity index (χ1v) is 10.1. The van der Waals surface area contributed by atoms with E-state index in [0.29, 0.717) is 0 Å². The quantitative estimate of drug-likeness (QED) is 0.542. The fourth-order valence-corrected chi connectivity index (χ4v) is 3.57. The predicted molar refractivity (Wildman–Crippen MR) is 108 cm³/mol. The zero-order valence-electron chi connectivity index (χ0n) is 15.9. The van der Waals surface area contributed by atoms with Crippen molar-refractivity contribution in [1.82, 2.24) is 4.98 Å². The van der Waals surface area contributed by atoms with Crippen molar-refractivity contribution in [2.24, 2.45) is 0 Å². The monoisotopic (exact) mass is 344 g/mol. The number of benzene rings is 1. The van der Waals surface area contributed by atoms with Gasteiger partial charge in [-0.1, -0.05) is 71.7 Å². The van der Waals surface area contributed by atoms with Crippen LogP contribution in [0.3, 0.4) is 0 Å². The average molecular weight is 345 g/mol. The van der Waals surface area contributed by atoms with Crippen LogP contribution in [0.5, 0.6) is 0 Å². The molecule has 0 saturated heterocycles. The Labute approximate surface area is 151 Å². The summed E-state index contributed by atoms with van der Waals surface area (Å²) in [7, 11) is 0. The van der Waals surface area contributed by atoms with E-state index in [-0.39, 0.29) is 5.41 Å². The highest BCUT2D eigenvalue weighted by atomic mass is 32.1. The van der Waals surface area contributed by atoms with Crippen molar-refractivity contribution in [3.63, 3.8) is 0 Å². The summed E-state index contributed by atoms with van der Waals surface area (Å²) in [4.78, 5) is 7.39. The van der Waals surface area contributed by atoms with Crippen LogP contribution >= 0.6 is 11.3 Å². The molecule has 0 unspecified atom stereocenters.